The van der Waals surface area contributed by atoms with Crippen molar-refractivity contribution in [3.05, 3.63) is 217 Å². The van der Waals surface area contributed by atoms with Gasteiger partial charge in [0.15, 0.2) is 5.82 Å². The zero-order valence-corrected chi connectivity index (χ0v) is 34.0. The average Bonchev–Trinajstić information content (AvgIpc) is 3.54. The highest BCUT2D eigenvalue weighted by molar-refractivity contribution is 6.05. The van der Waals surface area contributed by atoms with Gasteiger partial charge >= 0.3 is 0 Å². The Hall–Kier alpha value is -7.68. The number of nitrogens with zero attached hydrogens (tertiary/aromatic N) is 2. The molecule has 1 heterocycles. The molecule has 2 heteroatoms. The smallest absolute Gasteiger partial charge is 0.161 e. The molecule has 0 bridgehead atoms. The van der Waals surface area contributed by atoms with Gasteiger partial charge in [0.25, 0.3) is 0 Å². The summed E-state index contributed by atoms with van der Waals surface area (Å²) in [5.74, 6) is 0.707. The maximum atomic E-state index is 5.35. The van der Waals surface area contributed by atoms with Gasteiger partial charge in [-0.05, 0) is 130 Å². The van der Waals surface area contributed by atoms with Crippen molar-refractivity contribution in [3.63, 3.8) is 0 Å². The Kier molecular flexibility index (Phi) is 7.92. The third-order valence-electron chi connectivity index (χ3n) is 13.0. The summed E-state index contributed by atoms with van der Waals surface area (Å²) in [7, 11) is 0. The topological polar surface area (TPSA) is 25.8 Å². The first-order valence-electron chi connectivity index (χ1n) is 21.1. The van der Waals surface area contributed by atoms with Crippen molar-refractivity contribution in [2.45, 2.75) is 19.3 Å². The van der Waals surface area contributed by atoms with Crippen molar-refractivity contribution in [2.24, 2.45) is 0 Å². The Morgan fingerprint density at radius 3 is 1.46 bits per heavy atom. The lowest BCUT2D eigenvalue weighted by Gasteiger charge is -2.22. The normalized spacial score (nSPS) is 12.9. The van der Waals surface area contributed by atoms with E-state index in [0.29, 0.717) is 5.82 Å². The van der Waals surface area contributed by atoms with Crippen LogP contribution in [0.5, 0.6) is 0 Å². The standard InChI is InChI=1S/C59H40N2/c1-59(2)53-24-12-23-48(57(53)52-34-41-17-7-8-18-42(41)35-54(52)59)44-20-11-19-43(33-44)47-29-30-51(50-22-10-9-21-49(47)50)58-60-55(45-27-25-37-13-3-5-15-39(37)31-45)36-56(61-58)46-28-26-38-14-4-6-16-40(38)32-46/h3-36H,1-2H3. The van der Waals surface area contributed by atoms with Crippen LogP contribution in [-0.2, 0) is 5.41 Å². The zero-order chi connectivity index (χ0) is 40.7. The number of rotatable bonds is 5. The molecule has 0 amide bonds. The van der Waals surface area contributed by atoms with Gasteiger partial charge in [-0.3, -0.25) is 0 Å². The molecule has 12 rings (SSSR count). The Morgan fingerprint density at radius 2 is 0.820 bits per heavy atom. The third-order valence-corrected chi connectivity index (χ3v) is 13.0. The summed E-state index contributed by atoms with van der Waals surface area (Å²) in [6.45, 7) is 4.73. The molecule has 0 saturated heterocycles. The van der Waals surface area contributed by atoms with Gasteiger partial charge in [0.2, 0.25) is 0 Å². The first-order valence-corrected chi connectivity index (χ1v) is 21.1. The van der Waals surface area contributed by atoms with Gasteiger partial charge in [0.1, 0.15) is 0 Å². The van der Waals surface area contributed by atoms with E-state index in [0.717, 1.165) is 33.5 Å². The van der Waals surface area contributed by atoms with Crippen LogP contribution in [0.1, 0.15) is 25.0 Å². The summed E-state index contributed by atoms with van der Waals surface area (Å²) in [5, 5.41) is 9.64. The minimum absolute atomic E-state index is 0.101. The lowest BCUT2D eigenvalue weighted by atomic mass is 9.81. The molecule has 1 aromatic heterocycles. The molecule has 11 aromatic rings. The monoisotopic (exact) mass is 776 g/mol. The SMILES string of the molecule is CC1(C)c2cc3ccccc3cc2-c2c(-c3cccc(-c4ccc(-c5nc(-c6ccc7ccccc7c6)cc(-c6ccc7ccccc7c6)n5)c5ccccc45)c3)cccc21. The number of benzene rings is 10. The molecule has 1 aliphatic rings. The summed E-state index contributed by atoms with van der Waals surface area (Å²) >= 11 is 0. The van der Waals surface area contributed by atoms with Crippen LogP contribution >= 0.6 is 0 Å². The van der Waals surface area contributed by atoms with Crippen LogP contribution in [0.4, 0.5) is 0 Å². The fourth-order valence-electron chi connectivity index (χ4n) is 9.87. The molecule has 286 valence electrons. The molecule has 61 heavy (non-hydrogen) atoms. The molecule has 0 unspecified atom stereocenters. The molecule has 0 atom stereocenters. The van der Waals surface area contributed by atoms with Crippen LogP contribution in [-0.4, -0.2) is 9.97 Å². The summed E-state index contributed by atoms with van der Waals surface area (Å²) in [4.78, 5) is 10.7. The summed E-state index contributed by atoms with van der Waals surface area (Å²) < 4.78 is 0. The van der Waals surface area contributed by atoms with E-state index in [1.54, 1.807) is 0 Å². The van der Waals surface area contributed by atoms with Crippen LogP contribution in [0.25, 0.3) is 110 Å². The van der Waals surface area contributed by atoms with Crippen LogP contribution in [0.3, 0.4) is 0 Å². The molecule has 0 spiro atoms. The number of hydrogen-bond acceptors (Lipinski definition) is 2. The van der Waals surface area contributed by atoms with Crippen LogP contribution in [0, 0.1) is 0 Å². The minimum Gasteiger partial charge on any atom is -0.228 e. The summed E-state index contributed by atoms with van der Waals surface area (Å²) in [5.41, 5.74) is 15.1. The van der Waals surface area contributed by atoms with Crippen molar-refractivity contribution >= 4 is 43.1 Å². The third kappa shape index (κ3) is 5.79. The minimum atomic E-state index is -0.101. The summed E-state index contributed by atoms with van der Waals surface area (Å²) in [6, 6.07) is 75.0. The highest BCUT2D eigenvalue weighted by atomic mass is 14.9. The molecule has 1 aliphatic carbocycles. The van der Waals surface area contributed by atoms with E-state index in [2.05, 4.69) is 220 Å². The maximum Gasteiger partial charge on any atom is 0.161 e. The lowest BCUT2D eigenvalue weighted by molar-refractivity contribution is 0.661. The first kappa shape index (κ1) is 35.3. The fraction of sp³-hybridized carbons (Fsp3) is 0.0508. The van der Waals surface area contributed by atoms with Gasteiger partial charge in [0, 0.05) is 22.1 Å². The van der Waals surface area contributed by atoms with Gasteiger partial charge in [-0.1, -0.05) is 178 Å². The van der Waals surface area contributed by atoms with E-state index in [-0.39, 0.29) is 5.41 Å². The van der Waals surface area contributed by atoms with E-state index < -0.39 is 0 Å². The van der Waals surface area contributed by atoms with Gasteiger partial charge < -0.3 is 0 Å². The first-order chi connectivity index (χ1) is 30.0. The number of aromatic nitrogens is 2. The highest BCUT2D eigenvalue weighted by Gasteiger charge is 2.37. The lowest BCUT2D eigenvalue weighted by Crippen LogP contribution is -2.14. The van der Waals surface area contributed by atoms with Gasteiger partial charge in [-0.25, -0.2) is 9.97 Å². The fourth-order valence-corrected chi connectivity index (χ4v) is 9.87. The van der Waals surface area contributed by atoms with Gasteiger partial charge in [-0.2, -0.15) is 0 Å². The van der Waals surface area contributed by atoms with Crippen LogP contribution < -0.4 is 0 Å². The van der Waals surface area contributed by atoms with E-state index in [1.165, 1.54) is 82.2 Å². The van der Waals surface area contributed by atoms with E-state index in [9.17, 15) is 0 Å². The van der Waals surface area contributed by atoms with Gasteiger partial charge in [-0.15, -0.1) is 0 Å². The molecule has 10 aromatic carbocycles. The second kappa shape index (κ2) is 13.7. The molecule has 0 N–H and O–H groups in total. The van der Waals surface area contributed by atoms with Crippen molar-refractivity contribution in [3.8, 4) is 67.3 Å². The van der Waals surface area contributed by atoms with E-state index in [4.69, 9.17) is 9.97 Å². The predicted octanol–water partition coefficient (Wildman–Crippen LogP) is 15.7. The van der Waals surface area contributed by atoms with Crippen molar-refractivity contribution in [2.75, 3.05) is 0 Å². The Labute approximate surface area is 355 Å². The molecule has 0 fully saturated rings. The maximum absolute atomic E-state index is 5.35. The molecule has 0 aliphatic heterocycles. The quantitative estimate of drug-likeness (QED) is 0.174. The molecule has 0 saturated carbocycles. The van der Waals surface area contributed by atoms with Crippen molar-refractivity contribution in [1.29, 1.82) is 0 Å². The Morgan fingerprint density at radius 1 is 0.311 bits per heavy atom. The average molecular weight is 777 g/mol. The second-order valence-electron chi connectivity index (χ2n) is 17.0. The van der Waals surface area contributed by atoms with E-state index >= 15 is 0 Å². The number of fused-ring (bicyclic) bond motifs is 7. The van der Waals surface area contributed by atoms with Crippen LogP contribution in [0.15, 0.2) is 206 Å². The highest BCUT2D eigenvalue weighted by Crippen LogP contribution is 2.53. The Bertz CT molecular complexity index is 3480. The molecular formula is C59H40N2. The molecule has 2 nitrogen and oxygen atoms in total. The van der Waals surface area contributed by atoms with Crippen LogP contribution in [0.2, 0.25) is 0 Å². The van der Waals surface area contributed by atoms with Crippen molar-refractivity contribution in [1.82, 2.24) is 9.97 Å². The number of hydrogen-bond donors (Lipinski definition) is 0. The second-order valence-corrected chi connectivity index (χ2v) is 17.0. The molecular weight excluding hydrogens is 737 g/mol. The van der Waals surface area contributed by atoms with E-state index in [1.807, 2.05) is 0 Å². The molecule has 0 radical (unpaired) electrons. The predicted molar refractivity (Wildman–Crippen MR) is 257 cm³/mol. The zero-order valence-electron chi connectivity index (χ0n) is 34.0. The van der Waals surface area contributed by atoms with Gasteiger partial charge in [0.05, 0.1) is 11.4 Å². The largest absolute Gasteiger partial charge is 0.228 e. The summed E-state index contributed by atoms with van der Waals surface area (Å²) in [6.07, 6.45) is 0. The Balaban J connectivity index is 1.00. The van der Waals surface area contributed by atoms with Crippen molar-refractivity contribution < 1.29 is 0 Å².